The minimum atomic E-state index is -0.460. The molecule has 6 nitrogen and oxygen atoms in total. The molecule has 0 saturated heterocycles. The minimum absolute atomic E-state index is 0.132. The number of carbonyl (C=O) groups excluding carboxylic acids is 1. The molecule has 1 rings (SSSR count). The molecule has 1 atom stereocenters. The number of amides is 1. The number of hydrogen-bond donors (Lipinski definition) is 3. The molecule has 0 aliphatic carbocycles. The van der Waals surface area contributed by atoms with Gasteiger partial charge in [-0.05, 0) is 27.7 Å². The summed E-state index contributed by atoms with van der Waals surface area (Å²) in [5.74, 6) is 0.878. The van der Waals surface area contributed by atoms with E-state index in [0.717, 1.165) is 0 Å². The van der Waals surface area contributed by atoms with Gasteiger partial charge in [-0.1, -0.05) is 6.92 Å². The first-order valence-corrected chi connectivity index (χ1v) is 6.40. The van der Waals surface area contributed by atoms with Gasteiger partial charge in [0.25, 0.3) is 5.56 Å². The van der Waals surface area contributed by atoms with Gasteiger partial charge in [-0.3, -0.25) is 9.59 Å². The lowest BCUT2D eigenvalue weighted by Gasteiger charge is -2.23. The van der Waals surface area contributed by atoms with E-state index in [1.807, 2.05) is 27.7 Å². The molecule has 0 aliphatic heterocycles. The Morgan fingerprint density at radius 2 is 2.11 bits per heavy atom. The Balaban J connectivity index is 2.76. The normalized spacial score (nSPS) is 12.9. The molecule has 1 aromatic heterocycles. The van der Waals surface area contributed by atoms with Crippen molar-refractivity contribution in [1.29, 1.82) is 0 Å². The zero-order valence-corrected chi connectivity index (χ0v) is 12.1. The molecule has 1 aromatic rings. The summed E-state index contributed by atoms with van der Waals surface area (Å²) in [6, 6.07) is 0.887. The molecule has 0 aromatic carbocycles. The van der Waals surface area contributed by atoms with Crippen molar-refractivity contribution in [2.75, 3.05) is 5.32 Å². The summed E-state index contributed by atoms with van der Waals surface area (Å²) in [6.07, 6.45) is 0.632. The Kier molecular flexibility index (Phi) is 4.69. The van der Waals surface area contributed by atoms with Crippen molar-refractivity contribution < 1.29 is 4.79 Å². The molecule has 106 valence electrons. The SMILES string of the molecule is CCc1nc(NC(C)C(=O)NC(C)(C)C)cc(=O)[nH]1. The van der Waals surface area contributed by atoms with E-state index in [1.165, 1.54) is 6.07 Å². The van der Waals surface area contributed by atoms with Crippen LogP contribution >= 0.6 is 0 Å². The first kappa shape index (κ1) is 15.2. The molecular weight excluding hydrogens is 244 g/mol. The van der Waals surface area contributed by atoms with Gasteiger partial charge in [-0.15, -0.1) is 0 Å². The van der Waals surface area contributed by atoms with Crippen LogP contribution in [0.25, 0.3) is 0 Å². The summed E-state index contributed by atoms with van der Waals surface area (Å²) in [5.41, 5.74) is -0.513. The molecule has 0 fully saturated rings. The van der Waals surface area contributed by atoms with Crippen LogP contribution in [0.4, 0.5) is 5.82 Å². The van der Waals surface area contributed by atoms with Crippen LogP contribution in [-0.4, -0.2) is 27.5 Å². The first-order chi connectivity index (χ1) is 8.71. The molecule has 0 saturated carbocycles. The lowest BCUT2D eigenvalue weighted by molar-refractivity contribution is -0.122. The highest BCUT2D eigenvalue weighted by atomic mass is 16.2. The van der Waals surface area contributed by atoms with Crippen molar-refractivity contribution in [3.8, 4) is 0 Å². The number of rotatable bonds is 4. The monoisotopic (exact) mass is 266 g/mol. The van der Waals surface area contributed by atoms with E-state index in [1.54, 1.807) is 6.92 Å². The number of H-pyrrole nitrogens is 1. The van der Waals surface area contributed by atoms with E-state index in [2.05, 4.69) is 20.6 Å². The number of aromatic nitrogens is 2. The number of nitrogens with zero attached hydrogens (tertiary/aromatic N) is 1. The maximum absolute atomic E-state index is 11.9. The zero-order valence-electron chi connectivity index (χ0n) is 12.1. The molecule has 19 heavy (non-hydrogen) atoms. The Bertz CT molecular complexity index is 502. The highest BCUT2D eigenvalue weighted by molar-refractivity contribution is 5.84. The van der Waals surface area contributed by atoms with Gasteiger partial charge in [-0.2, -0.15) is 0 Å². The number of anilines is 1. The summed E-state index contributed by atoms with van der Waals surface area (Å²) in [6.45, 7) is 9.38. The van der Waals surface area contributed by atoms with E-state index < -0.39 is 6.04 Å². The van der Waals surface area contributed by atoms with E-state index in [-0.39, 0.29) is 17.0 Å². The summed E-state index contributed by atoms with van der Waals surface area (Å²) in [4.78, 5) is 30.2. The van der Waals surface area contributed by atoms with Gasteiger partial charge in [0.1, 0.15) is 17.7 Å². The van der Waals surface area contributed by atoms with Gasteiger partial charge in [-0.25, -0.2) is 4.98 Å². The topological polar surface area (TPSA) is 86.9 Å². The largest absolute Gasteiger partial charge is 0.358 e. The third-order valence-electron chi connectivity index (χ3n) is 2.38. The fourth-order valence-corrected chi connectivity index (χ4v) is 1.51. The molecular formula is C13H22N4O2. The Labute approximate surface area is 113 Å². The second-order valence-electron chi connectivity index (χ2n) is 5.54. The van der Waals surface area contributed by atoms with Crippen molar-refractivity contribution in [2.24, 2.45) is 0 Å². The van der Waals surface area contributed by atoms with Gasteiger partial charge in [0.2, 0.25) is 5.91 Å². The molecule has 3 N–H and O–H groups in total. The van der Waals surface area contributed by atoms with Crippen molar-refractivity contribution in [1.82, 2.24) is 15.3 Å². The average Bonchev–Trinajstić information content (AvgIpc) is 2.25. The highest BCUT2D eigenvalue weighted by Crippen LogP contribution is 2.04. The third kappa shape index (κ3) is 5.11. The number of hydrogen-bond acceptors (Lipinski definition) is 4. The molecule has 6 heteroatoms. The molecule has 1 amide bonds. The van der Waals surface area contributed by atoms with Crippen LogP contribution in [0.1, 0.15) is 40.4 Å². The lowest BCUT2D eigenvalue weighted by Crippen LogP contribution is -2.47. The quantitative estimate of drug-likeness (QED) is 0.760. The van der Waals surface area contributed by atoms with Crippen molar-refractivity contribution in [3.63, 3.8) is 0 Å². The minimum Gasteiger partial charge on any atom is -0.358 e. The van der Waals surface area contributed by atoms with Crippen LogP contribution < -0.4 is 16.2 Å². The predicted molar refractivity (Wildman–Crippen MR) is 75.2 cm³/mol. The summed E-state index contributed by atoms with van der Waals surface area (Å²) in [5, 5.41) is 5.80. The van der Waals surface area contributed by atoms with Crippen LogP contribution in [0.15, 0.2) is 10.9 Å². The van der Waals surface area contributed by atoms with E-state index in [9.17, 15) is 9.59 Å². The van der Waals surface area contributed by atoms with Crippen LogP contribution in [0.5, 0.6) is 0 Å². The van der Waals surface area contributed by atoms with Gasteiger partial charge < -0.3 is 15.6 Å². The Hall–Kier alpha value is -1.85. The predicted octanol–water partition coefficient (Wildman–Crippen LogP) is 1.05. The van der Waals surface area contributed by atoms with E-state index in [0.29, 0.717) is 18.1 Å². The molecule has 1 heterocycles. The Morgan fingerprint density at radius 3 is 2.63 bits per heavy atom. The van der Waals surface area contributed by atoms with E-state index >= 15 is 0 Å². The van der Waals surface area contributed by atoms with Gasteiger partial charge in [0.05, 0.1) is 0 Å². The fraction of sp³-hybridized carbons (Fsp3) is 0.615. The summed E-state index contributed by atoms with van der Waals surface area (Å²) < 4.78 is 0. The van der Waals surface area contributed by atoms with Crippen LogP contribution in [-0.2, 0) is 11.2 Å². The molecule has 0 radical (unpaired) electrons. The van der Waals surface area contributed by atoms with Gasteiger partial charge >= 0.3 is 0 Å². The summed E-state index contributed by atoms with van der Waals surface area (Å²) in [7, 11) is 0. The maximum atomic E-state index is 11.9. The van der Waals surface area contributed by atoms with Crippen LogP contribution in [0.3, 0.4) is 0 Å². The smallest absolute Gasteiger partial charge is 0.252 e. The number of nitrogens with one attached hydrogen (secondary N) is 3. The molecule has 0 spiro atoms. The number of aryl methyl sites for hydroxylation is 1. The first-order valence-electron chi connectivity index (χ1n) is 6.40. The zero-order chi connectivity index (χ0) is 14.6. The number of carbonyl (C=O) groups is 1. The van der Waals surface area contributed by atoms with Gasteiger partial charge in [0.15, 0.2) is 0 Å². The molecule has 0 aliphatic rings. The third-order valence-corrected chi connectivity index (χ3v) is 2.38. The summed E-state index contributed by atoms with van der Waals surface area (Å²) >= 11 is 0. The second kappa shape index (κ2) is 5.86. The van der Waals surface area contributed by atoms with Crippen molar-refractivity contribution in [3.05, 3.63) is 22.2 Å². The van der Waals surface area contributed by atoms with Crippen LogP contribution in [0.2, 0.25) is 0 Å². The standard InChI is InChI=1S/C13H22N4O2/c1-6-9-15-10(7-11(18)16-9)14-8(2)12(19)17-13(3,4)5/h7-8H,6H2,1-5H3,(H,17,19)(H2,14,15,16,18). The van der Waals surface area contributed by atoms with Gasteiger partial charge in [0, 0.05) is 18.0 Å². The second-order valence-corrected chi connectivity index (χ2v) is 5.54. The molecule has 0 bridgehead atoms. The highest BCUT2D eigenvalue weighted by Gasteiger charge is 2.19. The fourth-order valence-electron chi connectivity index (χ4n) is 1.51. The number of aromatic amines is 1. The average molecular weight is 266 g/mol. The Morgan fingerprint density at radius 1 is 1.47 bits per heavy atom. The molecule has 1 unspecified atom stereocenters. The lowest BCUT2D eigenvalue weighted by atomic mass is 10.1. The van der Waals surface area contributed by atoms with Crippen molar-refractivity contribution in [2.45, 2.75) is 52.6 Å². The van der Waals surface area contributed by atoms with E-state index in [4.69, 9.17) is 0 Å². The maximum Gasteiger partial charge on any atom is 0.252 e. The van der Waals surface area contributed by atoms with Crippen molar-refractivity contribution >= 4 is 11.7 Å². The van der Waals surface area contributed by atoms with Crippen LogP contribution in [0, 0.1) is 0 Å².